The molecule has 0 bridgehead atoms. The normalized spacial score (nSPS) is 17.9. The fraction of sp³-hybridized carbons (Fsp3) is 0.0667. The molecule has 0 saturated heterocycles. The molecule has 1 aliphatic heterocycles. The summed E-state index contributed by atoms with van der Waals surface area (Å²) in [5, 5.41) is 7.72. The van der Waals surface area contributed by atoms with Crippen LogP contribution < -0.4 is 4.74 Å². The minimum Gasteiger partial charge on any atom is -0.424 e. The van der Waals surface area contributed by atoms with E-state index in [0.717, 1.165) is 0 Å². The summed E-state index contributed by atoms with van der Waals surface area (Å²) >= 11 is 0. The number of ether oxygens (including phenoxy) is 1. The number of carbonyl (C=O) groups is 2. The highest BCUT2D eigenvalue weighted by molar-refractivity contribution is 6.16. The van der Waals surface area contributed by atoms with Crippen LogP contribution in [0.3, 0.4) is 0 Å². The Bertz CT molecular complexity index is 695. The van der Waals surface area contributed by atoms with Gasteiger partial charge in [-0.25, -0.2) is 4.79 Å². The lowest BCUT2D eigenvalue weighted by molar-refractivity contribution is -0.135. The molecule has 0 N–H and O–H groups in total. The number of carbonyl (C=O) groups excluding carboxylic acids is 2. The van der Waals surface area contributed by atoms with Crippen LogP contribution in [0.2, 0.25) is 0 Å². The number of Topliss-reactive ketones (excluding diaryl/α,β-unsaturated/α-hetero) is 1. The molecule has 2 aromatic rings. The maximum absolute atomic E-state index is 12.2. The Labute approximate surface area is 114 Å². The van der Waals surface area contributed by atoms with Crippen molar-refractivity contribution in [1.29, 1.82) is 0 Å². The molecule has 2 aromatic carbocycles. The number of ketones is 1. The zero-order chi connectivity index (χ0) is 13.9. The van der Waals surface area contributed by atoms with Crippen molar-refractivity contribution in [1.82, 2.24) is 0 Å². The van der Waals surface area contributed by atoms with E-state index in [-0.39, 0.29) is 5.75 Å². The van der Waals surface area contributed by atoms with Gasteiger partial charge in [0, 0.05) is 0 Å². The highest BCUT2D eigenvalue weighted by Gasteiger charge is 2.36. The number of nitrogens with zero attached hydrogens (tertiary/aromatic N) is 2. The summed E-state index contributed by atoms with van der Waals surface area (Å²) in [7, 11) is 0. The van der Waals surface area contributed by atoms with Gasteiger partial charge in [0.1, 0.15) is 5.75 Å². The summed E-state index contributed by atoms with van der Waals surface area (Å²) in [6.07, 6.45) is 0. The molecule has 1 heterocycles. The van der Waals surface area contributed by atoms with Gasteiger partial charge in [0.05, 0.1) is 11.3 Å². The van der Waals surface area contributed by atoms with Crippen LogP contribution in [0.5, 0.6) is 5.75 Å². The van der Waals surface area contributed by atoms with Crippen LogP contribution in [0.1, 0.15) is 10.4 Å². The number of rotatable bonds is 2. The highest BCUT2D eigenvalue weighted by atomic mass is 16.5. The van der Waals surface area contributed by atoms with Crippen molar-refractivity contribution in [3.05, 3.63) is 60.2 Å². The number of esters is 1. The van der Waals surface area contributed by atoms with Gasteiger partial charge < -0.3 is 4.74 Å². The quantitative estimate of drug-likeness (QED) is 0.363. The zero-order valence-electron chi connectivity index (χ0n) is 10.4. The molecule has 0 aromatic heterocycles. The van der Waals surface area contributed by atoms with Gasteiger partial charge in [-0.1, -0.05) is 30.3 Å². The molecule has 1 atom stereocenters. The van der Waals surface area contributed by atoms with Gasteiger partial charge in [-0.15, -0.1) is 0 Å². The van der Waals surface area contributed by atoms with Gasteiger partial charge in [0.15, 0.2) is 0 Å². The lowest BCUT2D eigenvalue weighted by Gasteiger charge is -2.18. The molecule has 0 amide bonds. The number of benzene rings is 2. The molecule has 0 unspecified atom stereocenters. The van der Waals surface area contributed by atoms with Gasteiger partial charge in [-0.3, -0.25) is 4.79 Å². The maximum Gasteiger partial charge on any atom is 0.346 e. The van der Waals surface area contributed by atoms with Crippen molar-refractivity contribution in [2.24, 2.45) is 10.2 Å². The van der Waals surface area contributed by atoms with Gasteiger partial charge in [-0.2, -0.15) is 10.2 Å². The van der Waals surface area contributed by atoms with E-state index in [4.69, 9.17) is 4.74 Å². The zero-order valence-corrected chi connectivity index (χ0v) is 10.4. The number of azo groups is 1. The summed E-state index contributed by atoms with van der Waals surface area (Å²) < 4.78 is 5.09. The molecule has 0 radical (unpaired) electrons. The van der Waals surface area contributed by atoms with Gasteiger partial charge in [0.2, 0.25) is 11.8 Å². The van der Waals surface area contributed by atoms with E-state index in [1.54, 1.807) is 48.5 Å². The molecule has 1 aliphatic rings. The van der Waals surface area contributed by atoms with Crippen LogP contribution >= 0.6 is 0 Å². The molecule has 0 aliphatic carbocycles. The minimum atomic E-state index is -1.23. The molecular weight excluding hydrogens is 256 g/mol. The third-order valence-corrected chi connectivity index (χ3v) is 2.88. The van der Waals surface area contributed by atoms with Gasteiger partial charge in [0.25, 0.3) is 0 Å². The minimum absolute atomic E-state index is 0.272. The largest absolute Gasteiger partial charge is 0.424 e. The Hall–Kier alpha value is -2.82. The molecule has 5 nitrogen and oxygen atoms in total. The van der Waals surface area contributed by atoms with Crippen LogP contribution in [0.15, 0.2) is 64.8 Å². The van der Waals surface area contributed by atoms with E-state index < -0.39 is 17.8 Å². The predicted octanol–water partition coefficient (Wildman–Crippen LogP) is 2.94. The summed E-state index contributed by atoms with van der Waals surface area (Å²) in [6, 6.07) is 14.3. The first-order valence-corrected chi connectivity index (χ1v) is 6.06. The van der Waals surface area contributed by atoms with Crippen molar-refractivity contribution in [3.8, 4) is 5.75 Å². The SMILES string of the molecule is O=C1Oc2ccccc2C(=O)[C@@H]1N=Nc1ccccc1. The van der Waals surface area contributed by atoms with E-state index in [1.165, 1.54) is 0 Å². The predicted molar refractivity (Wildman–Crippen MR) is 71.2 cm³/mol. The van der Waals surface area contributed by atoms with Gasteiger partial charge >= 0.3 is 5.97 Å². The van der Waals surface area contributed by atoms with Crippen molar-refractivity contribution in [3.63, 3.8) is 0 Å². The van der Waals surface area contributed by atoms with Crippen LogP contribution in [0.4, 0.5) is 5.69 Å². The smallest absolute Gasteiger partial charge is 0.346 e. The van der Waals surface area contributed by atoms with Gasteiger partial charge in [-0.05, 0) is 24.3 Å². The highest BCUT2D eigenvalue weighted by Crippen LogP contribution is 2.26. The summed E-state index contributed by atoms with van der Waals surface area (Å²) in [6.45, 7) is 0. The number of hydrogen-bond donors (Lipinski definition) is 0. The number of para-hydroxylation sites is 1. The third kappa shape index (κ3) is 2.21. The molecule has 98 valence electrons. The third-order valence-electron chi connectivity index (χ3n) is 2.88. The molecular formula is C15H10N2O3. The molecule has 20 heavy (non-hydrogen) atoms. The Balaban J connectivity index is 1.90. The Morgan fingerprint density at radius 3 is 2.40 bits per heavy atom. The molecule has 0 saturated carbocycles. The Morgan fingerprint density at radius 1 is 0.900 bits per heavy atom. The monoisotopic (exact) mass is 266 g/mol. The number of fused-ring (bicyclic) bond motifs is 1. The summed E-state index contributed by atoms with van der Waals surface area (Å²) in [4.78, 5) is 24.0. The van der Waals surface area contributed by atoms with Crippen molar-refractivity contribution < 1.29 is 14.3 Å². The number of hydrogen-bond acceptors (Lipinski definition) is 5. The average molecular weight is 266 g/mol. The second kappa shape index (κ2) is 5.05. The van der Waals surface area contributed by atoms with Crippen molar-refractivity contribution in [2.45, 2.75) is 6.04 Å². The van der Waals surface area contributed by atoms with E-state index in [1.807, 2.05) is 6.07 Å². The molecule has 0 fully saturated rings. The van der Waals surface area contributed by atoms with E-state index in [0.29, 0.717) is 11.3 Å². The Kier molecular flexibility index (Phi) is 3.09. The summed E-state index contributed by atoms with van der Waals surface area (Å²) in [5.74, 6) is -0.821. The maximum atomic E-state index is 12.2. The first-order valence-electron chi connectivity index (χ1n) is 6.06. The van der Waals surface area contributed by atoms with Crippen molar-refractivity contribution in [2.75, 3.05) is 0 Å². The lowest BCUT2D eigenvalue weighted by atomic mass is 10.0. The van der Waals surface area contributed by atoms with Crippen LogP contribution in [-0.2, 0) is 4.79 Å². The average Bonchev–Trinajstić information content (AvgIpc) is 2.48. The molecule has 5 heteroatoms. The van der Waals surface area contributed by atoms with Crippen LogP contribution in [0, 0.1) is 0 Å². The lowest BCUT2D eigenvalue weighted by Crippen LogP contribution is -2.36. The standard InChI is InChI=1S/C15H10N2O3/c18-14-11-8-4-5-9-12(11)20-15(19)13(14)17-16-10-6-2-1-3-7-10/h1-9,13H/t13-/m0/s1. The van der Waals surface area contributed by atoms with Crippen molar-refractivity contribution >= 4 is 17.4 Å². The second-order valence-electron chi connectivity index (χ2n) is 4.24. The second-order valence-corrected chi connectivity index (χ2v) is 4.24. The molecule has 0 spiro atoms. The van der Waals surface area contributed by atoms with Crippen LogP contribution in [0.25, 0.3) is 0 Å². The van der Waals surface area contributed by atoms with E-state index in [9.17, 15) is 9.59 Å². The molecule has 3 rings (SSSR count). The fourth-order valence-electron chi connectivity index (χ4n) is 1.90. The summed E-state index contributed by atoms with van der Waals surface area (Å²) in [5.41, 5.74) is 0.927. The first-order chi connectivity index (χ1) is 9.75. The van der Waals surface area contributed by atoms with E-state index in [2.05, 4.69) is 10.2 Å². The Morgan fingerprint density at radius 2 is 1.60 bits per heavy atom. The topological polar surface area (TPSA) is 68.1 Å². The van der Waals surface area contributed by atoms with E-state index >= 15 is 0 Å². The van der Waals surface area contributed by atoms with Crippen LogP contribution in [-0.4, -0.2) is 17.8 Å². The fourth-order valence-corrected chi connectivity index (χ4v) is 1.90. The first kappa shape index (κ1) is 12.2.